The highest BCUT2D eigenvalue weighted by Crippen LogP contribution is 2.30. The maximum absolute atomic E-state index is 10.1. The summed E-state index contributed by atoms with van der Waals surface area (Å²) in [7, 11) is 0. The van der Waals surface area contributed by atoms with E-state index in [1.165, 1.54) is 0 Å². The Bertz CT molecular complexity index is 1280. The number of unbranched alkanes of at least 4 members (excludes halogenated alkanes) is 1. The van der Waals surface area contributed by atoms with Gasteiger partial charge >= 0.3 is 6.01 Å². The molecule has 0 amide bonds. The first-order valence-electron chi connectivity index (χ1n) is 10.7. The Morgan fingerprint density at radius 1 is 1.16 bits per heavy atom. The highest BCUT2D eigenvalue weighted by atomic mass is 16.4. The van der Waals surface area contributed by atoms with Gasteiger partial charge in [0.1, 0.15) is 17.9 Å². The number of rotatable bonds is 8. The van der Waals surface area contributed by atoms with Crippen LogP contribution in [0.5, 0.6) is 0 Å². The van der Waals surface area contributed by atoms with Gasteiger partial charge in [-0.25, -0.2) is 4.98 Å². The molecule has 7 heteroatoms. The Balaban J connectivity index is 1.56. The summed E-state index contributed by atoms with van der Waals surface area (Å²) in [5.74, 6) is 0.225. The number of hydrogen-bond acceptors (Lipinski definition) is 7. The van der Waals surface area contributed by atoms with Crippen LogP contribution in [0.1, 0.15) is 55.0 Å². The average Bonchev–Trinajstić information content (AvgIpc) is 3.29. The van der Waals surface area contributed by atoms with E-state index in [0.29, 0.717) is 18.7 Å². The monoisotopic (exact) mass is 427 g/mol. The normalized spacial score (nSPS) is 11.9. The number of aliphatic hydroxyl groups excluding tert-OH is 1. The van der Waals surface area contributed by atoms with Crippen LogP contribution in [0.15, 0.2) is 52.9 Å². The minimum Gasteiger partial charge on any atom is -0.405 e. The van der Waals surface area contributed by atoms with Crippen molar-refractivity contribution in [3.8, 4) is 17.2 Å². The molecule has 2 aromatic carbocycles. The third-order valence-electron chi connectivity index (χ3n) is 5.32. The number of aliphatic hydroxyl groups is 1. The van der Waals surface area contributed by atoms with Gasteiger partial charge in [0.25, 0.3) is 0 Å². The van der Waals surface area contributed by atoms with Crippen molar-refractivity contribution in [1.29, 1.82) is 5.26 Å². The Morgan fingerprint density at radius 2 is 2.03 bits per heavy atom. The SMILES string of the molecule is CCCCC(O)c1nnc(NCc2ccc3c(-c4cccc(C)c4)cc(C#N)nc3c2)o1. The lowest BCUT2D eigenvalue weighted by Gasteiger charge is -2.10. The molecular weight excluding hydrogens is 402 g/mol. The van der Waals surface area contributed by atoms with E-state index in [0.717, 1.165) is 46.0 Å². The molecule has 0 saturated carbocycles. The molecule has 0 bridgehead atoms. The number of nitrogens with zero attached hydrogens (tertiary/aromatic N) is 4. The predicted octanol–water partition coefficient (Wildman–Crippen LogP) is 5.30. The summed E-state index contributed by atoms with van der Waals surface area (Å²) in [5, 5.41) is 31.5. The molecule has 162 valence electrons. The molecule has 0 radical (unpaired) electrons. The number of aromatic nitrogens is 3. The summed E-state index contributed by atoms with van der Waals surface area (Å²) < 4.78 is 5.53. The first kappa shape index (κ1) is 21.5. The van der Waals surface area contributed by atoms with Crippen LogP contribution in [0.3, 0.4) is 0 Å². The Hall–Kier alpha value is -3.76. The summed E-state index contributed by atoms with van der Waals surface area (Å²) >= 11 is 0. The Labute approximate surface area is 186 Å². The van der Waals surface area contributed by atoms with Crippen LogP contribution < -0.4 is 5.32 Å². The standard InChI is InChI=1S/C25H25N5O2/c1-3-4-8-23(31)24-29-30-25(32-24)27-15-17-9-10-20-21(18-7-5-6-16(2)11-18)13-19(14-26)28-22(20)12-17/h5-7,9-13,23,31H,3-4,8,15H2,1-2H3,(H,27,30). The van der Waals surface area contributed by atoms with Crippen molar-refractivity contribution in [1.82, 2.24) is 15.2 Å². The van der Waals surface area contributed by atoms with E-state index in [9.17, 15) is 10.4 Å². The first-order valence-corrected chi connectivity index (χ1v) is 10.7. The van der Waals surface area contributed by atoms with Gasteiger partial charge in [-0.1, -0.05) is 66.8 Å². The molecule has 0 fully saturated rings. The third kappa shape index (κ3) is 4.76. The Morgan fingerprint density at radius 3 is 2.81 bits per heavy atom. The molecule has 1 atom stereocenters. The number of anilines is 1. The molecule has 0 aliphatic rings. The van der Waals surface area contributed by atoms with Gasteiger partial charge in [0.05, 0.1) is 5.52 Å². The third-order valence-corrected chi connectivity index (χ3v) is 5.32. The molecule has 0 spiro atoms. The first-order chi connectivity index (χ1) is 15.6. The topological polar surface area (TPSA) is 108 Å². The van der Waals surface area contributed by atoms with E-state index in [4.69, 9.17) is 4.42 Å². The number of nitriles is 1. The van der Waals surface area contributed by atoms with Gasteiger partial charge in [-0.15, -0.1) is 5.10 Å². The zero-order chi connectivity index (χ0) is 22.5. The van der Waals surface area contributed by atoms with Gasteiger partial charge in [-0.05, 0) is 42.2 Å². The Kier molecular flexibility index (Phi) is 6.43. The largest absolute Gasteiger partial charge is 0.405 e. The van der Waals surface area contributed by atoms with Gasteiger partial charge in [0.15, 0.2) is 0 Å². The summed E-state index contributed by atoms with van der Waals surface area (Å²) in [6.45, 7) is 4.56. The molecule has 4 rings (SSSR count). The van der Waals surface area contributed by atoms with Gasteiger partial charge in [0.2, 0.25) is 5.89 Å². The zero-order valence-corrected chi connectivity index (χ0v) is 18.2. The fraction of sp³-hybridized carbons (Fsp3) is 0.280. The minimum absolute atomic E-state index is 0.225. The van der Waals surface area contributed by atoms with Gasteiger partial charge < -0.3 is 14.8 Å². The van der Waals surface area contributed by atoms with Crippen molar-refractivity contribution in [2.45, 2.75) is 45.8 Å². The predicted molar refractivity (Wildman–Crippen MR) is 123 cm³/mol. The van der Waals surface area contributed by atoms with Crippen LogP contribution in [-0.4, -0.2) is 20.3 Å². The second-order valence-corrected chi connectivity index (χ2v) is 7.84. The van der Waals surface area contributed by atoms with Crippen LogP contribution >= 0.6 is 0 Å². The summed E-state index contributed by atoms with van der Waals surface area (Å²) in [4.78, 5) is 4.50. The summed E-state index contributed by atoms with van der Waals surface area (Å²) in [6, 6.07) is 18.4. The van der Waals surface area contributed by atoms with Crippen molar-refractivity contribution in [2.24, 2.45) is 0 Å². The van der Waals surface area contributed by atoms with E-state index in [1.807, 2.05) is 49.4 Å². The van der Waals surface area contributed by atoms with Gasteiger partial charge in [-0.3, -0.25) is 0 Å². The molecule has 0 saturated heterocycles. The van der Waals surface area contributed by atoms with Crippen LogP contribution in [0, 0.1) is 18.3 Å². The summed E-state index contributed by atoms with van der Waals surface area (Å²) in [6.07, 6.45) is 1.74. The second-order valence-electron chi connectivity index (χ2n) is 7.84. The molecule has 0 aliphatic heterocycles. The molecule has 2 heterocycles. The molecule has 1 unspecified atom stereocenters. The summed E-state index contributed by atoms with van der Waals surface area (Å²) in [5.41, 5.74) is 5.28. The fourth-order valence-corrected chi connectivity index (χ4v) is 3.63. The van der Waals surface area contributed by atoms with Crippen molar-refractivity contribution < 1.29 is 9.52 Å². The molecule has 7 nitrogen and oxygen atoms in total. The highest BCUT2D eigenvalue weighted by molar-refractivity contribution is 5.95. The smallest absolute Gasteiger partial charge is 0.315 e. The molecule has 4 aromatic rings. The number of fused-ring (bicyclic) bond motifs is 1. The van der Waals surface area contributed by atoms with Crippen molar-refractivity contribution in [2.75, 3.05) is 5.32 Å². The van der Waals surface area contributed by atoms with Gasteiger partial charge in [0, 0.05) is 11.9 Å². The van der Waals surface area contributed by atoms with Crippen molar-refractivity contribution >= 4 is 16.9 Å². The molecule has 2 aromatic heterocycles. The minimum atomic E-state index is -0.743. The van der Waals surface area contributed by atoms with Crippen molar-refractivity contribution in [3.05, 3.63) is 71.2 Å². The quantitative estimate of drug-likeness (QED) is 0.393. The van der Waals surface area contributed by atoms with E-state index < -0.39 is 6.10 Å². The maximum Gasteiger partial charge on any atom is 0.315 e. The lowest BCUT2D eigenvalue weighted by molar-refractivity contribution is 0.132. The molecule has 2 N–H and O–H groups in total. The fourth-order valence-electron chi connectivity index (χ4n) is 3.63. The lowest BCUT2D eigenvalue weighted by Crippen LogP contribution is -2.00. The highest BCUT2D eigenvalue weighted by Gasteiger charge is 2.15. The van der Waals surface area contributed by atoms with Gasteiger partial charge in [-0.2, -0.15) is 5.26 Å². The van der Waals surface area contributed by atoms with E-state index in [2.05, 4.69) is 39.6 Å². The van der Waals surface area contributed by atoms with E-state index in [-0.39, 0.29) is 11.9 Å². The maximum atomic E-state index is 10.1. The molecular formula is C25H25N5O2. The van der Waals surface area contributed by atoms with Crippen LogP contribution in [0.25, 0.3) is 22.0 Å². The van der Waals surface area contributed by atoms with E-state index in [1.54, 1.807) is 0 Å². The number of pyridine rings is 1. The number of hydrogen-bond donors (Lipinski definition) is 2. The van der Waals surface area contributed by atoms with Crippen LogP contribution in [-0.2, 0) is 6.54 Å². The molecule has 0 aliphatic carbocycles. The molecule has 32 heavy (non-hydrogen) atoms. The van der Waals surface area contributed by atoms with E-state index >= 15 is 0 Å². The number of nitrogens with one attached hydrogen (secondary N) is 1. The van der Waals surface area contributed by atoms with Crippen LogP contribution in [0.4, 0.5) is 6.01 Å². The van der Waals surface area contributed by atoms with Crippen molar-refractivity contribution in [3.63, 3.8) is 0 Å². The number of benzene rings is 2. The lowest BCUT2D eigenvalue weighted by atomic mass is 9.98. The average molecular weight is 428 g/mol. The van der Waals surface area contributed by atoms with Crippen LogP contribution in [0.2, 0.25) is 0 Å². The number of aryl methyl sites for hydroxylation is 1. The zero-order valence-electron chi connectivity index (χ0n) is 18.2. The second kappa shape index (κ2) is 9.58.